The molecule has 0 aliphatic rings. The van der Waals surface area contributed by atoms with Crippen LogP contribution in [-0.2, 0) is 9.53 Å². The highest BCUT2D eigenvalue weighted by atomic mass is 35.5. The van der Waals surface area contributed by atoms with Crippen molar-refractivity contribution in [3.63, 3.8) is 0 Å². The largest absolute Gasteiger partial charge is 0.457 e. The van der Waals surface area contributed by atoms with E-state index in [0.29, 0.717) is 16.1 Å². The number of ether oxygens (including phenoxy) is 1. The second-order valence-electron chi connectivity index (χ2n) is 6.04. The Labute approximate surface area is 171 Å². The summed E-state index contributed by atoms with van der Waals surface area (Å²) in [6.07, 6.45) is 0. The maximum atomic E-state index is 12.3. The van der Waals surface area contributed by atoms with E-state index < -0.39 is 5.97 Å². The molecule has 3 aromatic rings. The SMILES string of the molecule is Cc1ccc(C)c(C(=O)COC(=O)CSc2nnc(-c3ccccc3Cl)o2)c1. The average Bonchev–Trinajstić information content (AvgIpc) is 3.15. The number of esters is 1. The molecule has 144 valence electrons. The van der Waals surface area contributed by atoms with Crippen LogP contribution in [0.5, 0.6) is 0 Å². The summed E-state index contributed by atoms with van der Waals surface area (Å²) in [6, 6.07) is 12.7. The number of hydrogen-bond donors (Lipinski definition) is 0. The highest BCUT2D eigenvalue weighted by Crippen LogP contribution is 2.28. The number of carbonyl (C=O) groups excluding carboxylic acids is 2. The maximum absolute atomic E-state index is 12.3. The zero-order chi connectivity index (χ0) is 20.1. The molecule has 0 saturated heterocycles. The topological polar surface area (TPSA) is 82.3 Å². The first-order chi connectivity index (χ1) is 13.4. The molecule has 0 N–H and O–H groups in total. The molecule has 1 heterocycles. The number of ketones is 1. The summed E-state index contributed by atoms with van der Waals surface area (Å²) in [5, 5.41) is 8.52. The summed E-state index contributed by atoms with van der Waals surface area (Å²) >= 11 is 7.13. The number of benzene rings is 2. The van der Waals surface area contributed by atoms with Crippen LogP contribution in [0.2, 0.25) is 5.02 Å². The number of thioether (sulfide) groups is 1. The van der Waals surface area contributed by atoms with Gasteiger partial charge in [0.2, 0.25) is 11.7 Å². The number of halogens is 1. The van der Waals surface area contributed by atoms with Gasteiger partial charge in [0.15, 0.2) is 6.61 Å². The Morgan fingerprint density at radius 3 is 2.71 bits per heavy atom. The molecule has 0 atom stereocenters. The van der Waals surface area contributed by atoms with E-state index in [0.717, 1.165) is 22.9 Å². The second kappa shape index (κ2) is 9.03. The van der Waals surface area contributed by atoms with Crippen LogP contribution >= 0.6 is 23.4 Å². The van der Waals surface area contributed by atoms with Crippen molar-refractivity contribution in [1.82, 2.24) is 10.2 Å². The van der Waals surface area contributed by atoms with Gasteiger partial charge in [-0.15, -0.1) is 10.2 Å². The standard InChI is InChI=1S/C20H17ClN2O4S/c1-12-7-8-13(2)15(9-12)17(24)10-26-18(25)11-28-20-23-22-19(27-20)14-5-3-4-6-16(14)21/h3-9H,10-11H2,1-2H3. The van der Waals surface area contributed by atoms with E-state index >= 15 is 0 Å². The Balaban J connectivity index is 1.52. The van der Waals surface area contributed by atoms with E-state index in [2.05, 4.69) is 10.2 Å². The van der Waals surface area contributed by atoms with Crippen molar-refractivity contribution in [2.75, 3.05) is 12.4 Å². The molecular formula is C20H17ClN2O4S. The van der Waals surface area contributed by atoms with E-state index in [4.69, 9.17) is 20.8 Å². The van der Waals surface area contributed by atoms with Gasteiger partial charge in [0, 0.05) is 5.56 Å². The number of hydrogen-bond acceptors (Lipinski definition) is 7. The van der Waals surface area contributed by atoms with Crippen LogP contribution in [-0.4, -0.2) is 34.3 Å². The van der Waals surface area contributed by atoms with Gasteiger partial charge < -0.3 is 9.15 Å². The predicted octanol–water partition coefficient (Wildman–Crippen LogP) is 4.53. The quantitative estimate of drug-likeness (QED) is 0.318. The number of aryl methyl sites for hydroxylation is 2. The number of carbonyl (C=O) groups is 2. The van der Waals surface area contributed by atoms with Crippen molar-refractivity contribution in [2.24, 2.45) is 0 Å². The third kappa shape index (κ3) is 4.99. The fourth-order valence-electron chi connectivity index (χ4n) is 2.43. The molecule has 0 spiro atoms. The molecule has 28 heavy (non-hydrogen) atoms. The molecular weight excluding hydrogens is 400 g/mol. The molecule has 0 fully saturated rings. The highest BCUT2D eigenvalue weighted by molar-refractivity contribution is 7.99. The minimum Gasteiger partial charge on any atom is -0.457 e. The first kappa shape index (κ1) is 20.1. The highest BCUT2D eigenvalue weighted by Gasteiger charge is 2.16. The molecule has 2 aromatic carbocycles. The van der Waals surface area contributed by atoms with E-state index in [-0.39, 0.29) is 29.3 Å². The Kier molecular flexibility index (Phi) is 6.49. The molecule has 0 bridgehead atoms. The summed E-state index contributed by atoms with van der Waals surface area (Å²) < 4.78 is 10.6. The summed E-state index contributed by atoms with van der Waals surface area (Å²) in [7, 11) is 0. The average molecular weight is 417 g/mol. The van der Waals surface area contributed by atoms with Crippen molar-refractivity contribution >= 4 is 35.1 Å². The van der Waals surface area contributed by atoms with E-state index in [9.17, 15) is 9.59 Å². The van der Waals surface area contributed by atoms with Gasteiger partial charge in [0.1, 0.15) is 5.75 Å². The van der Waals surface area contributed by atoms with Crippen LogP contribution < -0.4 is 0 Å². The van der Waals surface area contributed by atoms with Gasteiger partial charge in [-0.3, -0.25) is 9.59 Å². The maximum Gasteiger partial charge on any atom is 0.316 e. The van der Waals surface area contributed by atoms with Crippen molar-refractivity contribution in [3.05, 3.63) is 64.2 Å². The van der Waals surface area contributed by atoms with Gasteiger partial charge in [-0.05, 0) is 37.6 Å². The van der Waals surface area contributed by atoms with Gasteiger partial charge in [0.05, 0.1) is 10.6 Å². The minimum atomic E-state index is -0.541. The van der Waals surface area contributed by atoms with Crippen molar-refractivity contribution in [1.29, 1.82) is 0 Å². The normalized spacial score (nSPS) is 10.7. The Morgan fingerprint density at radius 2 is 1.93 bits per heavy atom. The molecule has 0 aliphatic heterocycles. The molecule has 3 rings (SSSR count). The lowest BCUT2D eigenvalue weighted by molar-refractivity contribution is -0.139. The minimum absolute atomic E-state index is 0.0514. The lowest BCUT2D eigenvalue weighted by atomic mass is 10.0. The lowest BCUT2D eigenvalue weighted by Gasteiger charge is -2.07. The molecule has 0 saturated carbocycles. The molecule has 0 aliphatic carbocycles. The molecule has 0 radical (unpaired) electrons. The number of Topliss-reactive ketones (excluding diaryl/α,β-unsaturated/α-hetero) is 1. The molecule has 1 aromatic heterocycles. The smallest absolute Gasteiger partial charge is 0.316 e. The van der Waals surface area contributed by atoms with E-state index in [1.54, 1.807) is 24.3 Å². The summed E-state index contributed by atoms with van der Waals surface area (Å²) in [5.41, 5.74) is 2.99. The van der Waals surface area contributed by atoms with Gasteiger partial charge in [-0.1, -0.05) is 53.2 Å². The van der Waals surface area contributed by atoms with Crippen LogP contribution in [0.4, 0.5) is 0 Å². The van der Waals surface area contributed by atoms with Gasteiger partial charge >= 0.3 is 5.97 Å². The molecule has 0 unspecified atom stereocenters. The van der Waals surface area contributed by atoms with Crippen molar-refractivity contribution in [2.45, 2.75) is 19.1 Å². The van der Waals surface area contributed by atoms with E-state index in [1.165, 1.54) is 0 Å². The predicted molar refractivity (Wildman–Crippen MR) is 107 cm³/mol. The van der Waals surface area contributed by atoms with Crippen LogP contribution in [0.25, 0.3) is 11.5 Å². The monoisotopic (exact) mass is 416 g/mol. The van der Waals surface area contributed by atoms with Gasteiger partial charge in [0.25, 0.3) is 5.22 Å². The zero-order valence-electron chi connectivity index (χ0n) is 15.3. The van der Waals surface area contributed by atoms with E-state index in [1.807, 2.05) is 32.0 Å². The number of nitrogens with zero attached hydrogens (tertiary/aromatic N) is 2. The molecule has 6 nitrogen and oxygen atoms in total. The number of aromatic nitrogens is 2. The van der Waals surface area contributed by atoms with Crippen LogP contribution in [0.15, 0.2) is 52.1 Å². The Morgan fingerprint density at radius 1 is 1.14 bits per heavy atom. The third-order valence-electron chi connectivity index (χ3n) is 3.88. The Bertz CT molecular complexity index is 1020. The Hall–Kier alpha value is -2.64. The first-order valence-electron chi connectivity index (χ1n) is 8.41. The third-order valence-corrected chi connectivity index (χ3v) is 5.00. The lowest BCUT2D eigenvalue weighted by Crippen LogP contribution is -2.16. The molecule has 0 amide bonds. The summed E-state index contributed by atoms with van der Waals surface area (Å²) in [4.78, 5) is 24.2. The van der Waals surface area contributed by atoms with Gasteiger partial charge in [-0.2, -0.15) is 0 Å². The van der Waals surface area contributed by atoms with Crippen molar-refractivity contribution in [3.8, 4) is 11.5 Å². The molecule has 8 heteroatoms. The summed E-state index contributed by atoms with van der Waals surface area (Å²) in [6.45, 7) is 3.44. The van der Waals surface area contributed by atoms with Crippen LogP contribution in [0, 0.1) is 13.8 Å². The summed E-state index contributed by atoms with van der Waals surface area (Å²) in [5.74, 6) is -0.560. The first-order valence-corrected chi connectivity index (χ1v) is 9.77. The van der Waals surface area contributed by atoms with Crippen LogP contribution in [0.3, 0.4) is 0 Å². The van der Waals surface area contributed by atoms with Gasteiger partial charge in [-0.25, -0.2) is 0 Å². The fourth-order valence-corrected chi connectivity index (χ4v) is 3.21. The van der Waals surface area contributed by atoms with Crippen LogP contribution in [0.1, 0.15) is 21.5 Å². The zero-order valence-corrected chi connectivity index (χ0v) is 16.8. The second-order valence-corrected chi connectivity index (χ2v) is 7.38. The van der Waals surface area contributed by atoms with Crippen molar-refractivity contribution < 1.29 is 18.7 Å². The number of rotatable bonds is 7. The fraction of sp³-hybridized carbons (Fsp3) is 0.200.